The van der Waals surface area contributed by atoms with Crippen molar-refractivity contribution in [2.45, 2.75) is 0 Å². The summed E-state index contributed by atoms with van der Waals surface area (Å²) in [5.74, 6) is -0.273. The Hall–Kier alpha value is -3.61. The van der Waals surface area contributed by atoms with Gasteiger partial charge in [-0.2, -0.15) is 10.1 Å². The molecule has 6 heteroatoms. The van der Waals surface area contributed by atoms with Gasteiger partial charge in [-0.1, -0.05) is 59.7 Å². The van der Waals surface area contributed by atoms with Crippen molar-refractivity contribution in [3.8, 4) is 28.1 Å². The topological polar surface area (TPSA) is 39.1 Å². The highest BCUT2D eigenvalue weighted by Crippen LogP contribution is 2.29. The van der Waals surface area contributed by atoms with Crippen molar-refractivity contribution in [2.75, 3.05) is 33.2 Å². The molecule has 0 spiro atoms. The van der Waals surface area contributed by atoms with Gasteiger partial charge in [-0.15, -0.1) is 0 Å². The van der Waals surface area contributed by atoms with Gasteiger partial charge in [0.05, 0.1) is 30.8 Å². The number of likely N-dealkylation sites (N-methyl/N-ethyl adjacent to an activating group) is 1. The zero-order valence-electron chi connectivity index (χ0n) is 18.7. The zero-order valence-corrected chi connectivity index (χ0v) is 18.7. The maximum absolute atomic E-state index is 14.9. The second kappa shape index (κ2) is 9.48. The smallest absolute Gasteiger partial charge is 0.151 e. The monoisotopic (exact) mass is 441 g/mol. The number of nitrogens with zero attached hydrogens (tertiary/aromatic N) is 3. The van der Waals surface area contributed by atoms with E-state index in [2.05, 4.69) is 36.4 Å². The third-order valence-electron chi connectivity index (χ3n) is 6.21. The van der Waals surface area contributed by atoms with Crippen LogP contribution in [0, 0.1) is 5.82 Å². The quantitative estimate of drug-likeness (QED) is 0.458. The molecule has 5 nitrogen and oxygen atoms in total. The summed E-state index contributed by atoms with van der Waals surface area (Å²) < 4.78 is 16.7. The molecule has 4 aromatic rings. The molecule has 3 aromatic carbocycles. The fourth-order valence-electron chi connectivity index (χ4n) is 4.26. The Labute approximate surface area is 193 Å². The van der Waals surface area contributed by atoms with E-state index in [1.807, 2.05) is 42.6 Å². The first-order valence-corrected chi connectivity index (χ1v) is 11.4. The summed E-state index contributed by atoms with van der Waals surface area (Å²) in [6.07, 6.45) is 3.62. The fourth-order valence-corrected chi connectivity index (χ4v) is 4.26. The van der Waals surface area contributed by atoms with Crippen molar-refractivity contribution in [3.63, 3.8) is 0 Å². The summed E-state index contributed by atoms with van der Waals surface area (Å²) in [5.41, 5.74) is 5.20. The minimum Gasteiger partial charge on any atom is -0.328 e. The molecule has 2 heterocycles. The normalized spacial score (nSPS) is 18.6. The Bertz CT molecular complexity index is 1240. The lowest BCUT2D eigenvalue weighted by Crippen LogP contribution is -3.25. The molecular formula is C27H28FN5+2. The Balaban J connectivity index is 1.52. The fraction of sp³-hybridized carbons (Fsp3) is 0.185. The minimum absolute atomic E-state index is 0.273. The van der Waals surface area contributed by atoms with E-state index in [0.717, 1.165) is 48.6 Å². The molecule has 1 saturated heterocycles. The van der Waals surface area contributed by atoms with Crippen LogP contribution in [0.2, 0.25) is 0 Å². The highest BCUT2D eigenvalue weighted by molar-refractivity contribution is 5.89. The lowest BCUT2D eigenvalue weighted by atomic mass is 10.0. The molecule has 2 N–H and O–H groups in total. The molecule has 1 aliphatic rings. The van der Waals surface area contributed by atoms with E-state index < -0.39 is 0 Å². The average molecular weight is 442 g/mol. The predicted molar refractivity (Wildman–Crippen MR) is 129 cm³/mol. The second-order valence-electron chi connectivity index (χ2n) is 8.53. The molecule has 166 valence electrons. The molecule has 0 unspecified atom stereocenters. The largest absolute Gasteiger partial charge is 0.328 e. The molecule has 1 aromatic heterocycles. The van der Waals surface area contributed by atoms with Gasteiger partial charge in [-0.25, -0.2) is 9.07 Å². The third kappa shape index (κ3) is 4.62. The standard InChI is InChI=1S/C27H26FN5/c1-31-15-17-32(18-16-31)29-19-23-20-30-33(27(23)25-9-5-6-10-26(25)28)24-13-11-22(12-14-24)21-7-3-2-4-8-21/h2-14,19-20H,15-18H2,1H3/p+2/b29-19-. The summed E-state index contributed by atoms with van der Waals surface area (Å²) in [6.45, 7) is 4.18. The Kier molecular flexibility index (Phi) is 6.11. The van der Waals surface area contributed by atoms with Gasteiger partial charge in [-0.3, -0.25) is 0 Å². The first-order chi connectivity index (χ1) is 16.2. The Morgan fingerprint density at radius 1 is 0.848 bits per heavy atom. The van der Waals surface area contributed by atoms with E-state index in [9.17, 15) is 4.39 Å². The van der Waals surface area contributed by atoms with Crippen molar-refractivity contribution < 1.29 is 14.3 Å². The average Bonchev–Trinajstić information content (AvgIpc) is 3.28. The van der Waals surface area contributed by atoms with Gasteiger partial charge in [0.15, 0.2) is 13.1 Å². The minimum atomic E-state index is -0.273. The lowest BCUT2D eigenvalue weighted by molar-refractivity contribution is -1.01. The van der Waals surface area contributed by atoms with Gasteiger partial charge in [0.2, 0.25) is 0 Å². The number of halogens is 1. The highest BCUT2D eigenvalue weighted by Gasteiger charge is 2.21. The van der Waals surface area contributed by atoms with Crippen LogP contribution < -0.4 is 9.91 Å². The van der Waals surface area contributed by atoms with E-state index in [-0.39, 0.29) is 5.82 Å². The number of piperazine rings is 1. The summed E-state index contributed by atoms with van der Waals surface area (Å²) in [6, 6.07) is 25.3. The molecule has 33 heavy (non-hydrogen) atoms. The first kappa shape index (κ1) is 21.2. The molecule has 1 aliphatic heterocycles. The van der Waals surface area contributed by atoms with E-state index in [4.69, 9.17) is 5.10 Å². The van der Waals surface area contributed by atoms with Crippen molar-refractivity contribution in [3.05, 3.63) is 96.4 Å². The predicted octanol–water partition coefficient (Wildman–Crippen LogP) is 2.09. The van der Waals surface area contributed by atoms with Crippen LogP contribution in [0.4, 0.5) is 4.39 Å². The van der Waals surface area contributed by atoms with E-state index in [1.54, 1.807) is 23.0 Å². The van der Waals surface area contributed by atoms with E-state index in [1.165, 1.54) is 16.0 Å². The van der Waals surface area contributed by atoms with Crippen molar-refractivity contribution in [2.24, 2.45) is 5.10 Å². The highest BCUT2D eigenvalue weighted by atomic mass is 19.1. The van der Waals surface area contributed by atoms with E-state index >= 15 is 0 Å². The SMILES string of the molecule is C[NH+]1CC[NH+](/N=C\c2cnn(-c3ccc(-c4ccccc4)cc3)c2-c2ccccc2F)CC1. The molecule has 0 radical (unpaired) electrons. The van der Waals surface area contributed by atoms with Crippen molar-refractivity contribution >= 4 is 6.21 Å². The Morgan fingerprint density at radius 2 is 1.52 bits per heavy atom. The maximum Gasteiger partial charge on any atom is 0.151 e. The molecular weight excluding hydrogens is 413 g/mol. The number of aromatic nitrogens is 2. The molecule has 5 rings (SSSR count). The Morgan fingerprint density at radius 3 is 2.24 bits per heavy atom. The number of hydrogen-bond acceptors (Lipinski definition) is 2. The first-order valence-electron chi connectivity index (χ1n) is 11.4. The number of hydrogen-bond donors (Lipinski definition) is 2. The van der Waals surface area contributed by atoms with Crippen molar-refractivity contribution in [1.29, 1.82) is 0 Å². The van der Waals surface area contributed by atoms with Crippen LogP contribution in [0.3, 0.4) is 0 Å². The zero-order chi connectivity index (χ0) is 22.6. The summed E-state index contributed by atoms with van der Waals surface area (Å²) in [7, 11) is 2.21. The van der Waals surface area contributed by atoms with Crippen LogP contribution >= 0.6 is 0 Å². The van der Waals surface area contributed by atoms with Crippen LogP contribution in [0.1, 0.15) is 5.56 Å². The van der Waals surface area contributed by atoms with E-state index in [0.29, 0.717) is 11.3 Å². The number of quaternary nitrogens is 2. The van der Waals surface area contributed by atoms with Crippen LogP contribution in [0.25, 0.3) is 28.1 Å². The molecule has 0 saturated carbocycles. The van der Waals surface area contributed by atoms with Crippen molar-refractivity contribution in [1.82, 2.24) is 9.78 Å². The summed E-state index contributed by atoms with van der Waals surface area (Å²) in [5, 5.41) is 10.6. The number of rotatable bonds is 5. The molecule has 1 fully saturated rings. The molecule has 0 amide bonds. The molecule has 0 aliphatic carbocycles. The van der Waals surface area contributed by atoms with Gasteiger partial charge in [0.25, 0.3) is 0 Å². The second-order valence-corrected chi connectivity index (χ2v) is 8.53. The van der Waals surface area contributed by atoms with Gasteiger partial charge in [-0.05, 0) is 35.4 Å². The van der Waals surface area contributed by atoms with Gasteiger partial charge in [0, 0.05) is 11.1 Å². The molecule has 0 bridgehead atoms. The van der Waals surface area contributed by atoms with Gasteiger partial charge < -0.3 is 4.90 Å². The third-order valence-corrected chi connectivity index (χ3v) is 6.21. The van der Waals surface area contributed by atoms with Crippen LogP contribution in [-0.2, 0) is 0 Å². The van der Waals surface area contributed by atoms with Gasteiger partial charge in [0.1, 0.15) is 18.9 Å². The van der Waals surface area contributed by atoms with Gasteiger partial charge >= 0.3 is 0 Å². The summed E-state index contributed by atoms with van der Waals surface area (Å²) >= 11 is 0. The number of benzene rings is 3. The lowest BCUT2D eigenvalue weighted by Gasteiger charge is -2.22. The van der Waals surface area contributed by atoms with Crippen LogP contribution in [0.5, 0.6) is 0 Å². The molecule has 0 atom stereocenters. The summed E-state index contributed by atoms with van der Waals surface area (Å²) in [4.78, 5) is 1.53. The maximum atomic E-state index is 14.9. The van der Waals surface area contributed by atoms with Crippen LogP contribution in [-0.4, -0.2) is 49.2 Å². The van der Waals surface area contributed by atoms with Crippen LogP contribution in [0.15, 0.2) is 90.2 Å². The number of nitrogens with one attached hydrogen (secondary N) is 2.